The highest BCUT2D eigenvalue weighted by Gasteiger charge is 2.17. The molecule has 0 saturated carbocycles. The Bertz CT molecular complexity index is 1280. The van der Waals surface area contributed by atoms with E-state index in [4.69, 9.17) is 9.47 Å². The van der Waals surface area contributed by atoms with Crippen LogP contribution in [-0.4, -0.2) is 48.3 Å². The Balaban J connectivity index is 1.58. The average Bonchev–Trinajstić information content (AvgIpc) is 2.85. The molecule has 168 valence electrons. The molecule has 5 rings (SSSR count). The summed E-state index contributed by atoms with van der Waals surface area (Å²) in [5.74, 6) is 0.624. The first-order chi connectivity index (χ1) is 16.2. The third-order valence-electron chi connectivity index (χ3n) is 6.49. The van der Waals surface area contributed by atoms with Gasteiger partial charge in [0.25, 0.3) is 0 Å². The van der Waals surface area contributed by atoms with Crippen LogP contribution in [0.3, 0.4) is 0 Å². The Labute approximate surface area is 195 Å². The Hall–Kier alpha value is -3.28. The number of rotatable bonds is 5. The molecule has 2 aromatic carbocycles. The zero-order valence-electron chi connectivity index (χ0n) is 19.5. The molecule has 5 nitrogen and oxygen atoms in total. The first-order valence-electron chi connectivity index (χ1n) is 11.4. The van der Waals surface area contributed by atoms with Crippen LogP contribution < -0.4 is 4.74 Å². The van der Waals surface area contributed by atoms with Gasteiger partial charge in [-0.3, -0.25) is 9.88 Å². The molecule has 33 heavy (non-hydrogen) atoms. The van der Waals surface area contributed by atoms with E-state index in [9.17, 15) is 0 Å². The number of nitrogens with zero attached hydrogens (tertiary/aromatic N) is 3. The maximum absolute atomic E-state index is 5.56. The van der Waals surface area contributed by atoms with Gasteiger partial charge in [-0.15, -0.1) is 0 Å². The third-order valence-corrected chi connectivity index (χ3v) is 6.49. The van der Waals surface area contributed by atoms with Crippen molar-refractivity contribution in [3.05, 3.63) is 77.6 Å². The van der Waals surface area contributed by atoms with E-state index < -0.39 is 0 Å². The van der Waals surface area contributed by atoms with Crippen LogP contribution >= 0.6 is 0 Å². The maximum Gasteiger partial charge on any atom is 0.221 e. The van der Waals surface area contributed by atoms with Crippen molar-refractivity contribution >= 4 is 10.9 Å². The van der Waals surface area contributed by atoms with E-state index in [-0.39, 0.29) is 0 Å². The largest absolute Gasteiger partial charge is 0.481 e. The molecule has 0 aliphatic carbocycles. The zero-order valence-corrected chi connectivity index (χ0v) is 19.5. The van der Waals surface area contributed by atoms with Crippen molar-refractivity contribution in [2.45, 2.75) is 20.4 Å². The topological polar surface area (TPSA) is 47.5 Å². The van der Waals surface area contributed by atoms with Crippen molar-refractivity contribution in [3.63, 3.8) is 0 Å². The lowest BCUT2D eigenvalue weighted by molar-refractivity contribution is 0.0342. The quantitative estimate of drug-likeness (QED) is 0.415. The number of fused-ring (bicyclic) bond motifs is 1. The molecule has 1 saturated heterocycles. The molecule has 3 heterocycles. The molecule has 5 heteroatoms. The SMILES string of the molecule is COc1ncccc1-c1ccnc2cc(C)c(-c3ccc(CN4CCOCC4)cc3)c(C)c12. The Kier molecular flexibility index (Phi) is 6.07. The average molecular weight is 440 g/mol. The van der Waals surface area contributed by atoms with Gasteiger partial charge in [0, 0.05) is 43.0 Å². The number of hydrogen-bond donors (Lipinski definition) is 0. The first-order valence-corrected chi connectivity index (χ1v) is 11.4. The van der Waals surface area contributed by atoms with Gasteiger partial charge in [0.15, 0.2) is 0 Å². The van der Waals surface area contributed by atoms with Crippen LogP contribution in [0.4, 0.5) is 0 Å². The molecule has 1 aliphatic rings. The number of pyridine rings is 2. The number of morpholine rings is 1. The smallest absolute Gasteiger partial charge is 0.221 e. The second-order valence-corrected chi connectivity index (χ2v) is 8.59. The summed E-state index contributed by atoms with van der Waals surface area (Å²) < 4.78 is 11.0. The predicted octanol–water partition coefficient (Wildman–Crippen LogP) is 5.42. The minimum atomic E-state index is 0.624. The van der Waals surface area contributed by atoms with E-state index in [1.807, 2.05) is 12.3 Å². The summed E-state index contributed by atoms with van der Waals surface area (Å²) >= 11 is 0. The summed E-state index contributed by atoms with van der Waals surface area (Å²) in [5.41, 5.74) is 9.32. The van der Waals surface area contributed by atoms with Gasteiger partial charge in [0.05, 0.1) is 25.8 Å². The Morgan fingerprint density at radius 3 is 2.48 bits per heavy atom. The highest BCUT2D eigenvalue weighted by atomic mass is 16.5. The van der Waals surface area contributed by atoms with Crippen molar-refractivity contribution in [2.24, 2.45) is 0 Å². The highest BCUT2D eigenvalue weighted by Crippen LogP contribution is 2.39. The van der Waals surface area contributed by atoms with Crippen LogP contribution in [0.15, 0.2) is 60.9 Å². The molecule has 0 bridgehead atoms. The molecule has 0 N–H and O–H groups in total. The molecule has 0 atom stereocenters. The van der Waals surface area contributed by atoms with Crippen molar-refractivity contribution in [1.29, 1.82) is 0 Å². The predicted molar refractivity (Wildman–Crippen MR) is 133 cm³/mol. The maximum atomic E-state index is 5.56. The Morgan fingerprint density at radius 2 is 1.73 bits per heavy atom. The van der Waals surface area contributed by atoms with E-state index >= 15 is 0 Å². The number of methoxy groups -OCH3 is 1. The van der Waals surface area contributed by atoms with Gasteiger partial charge in [-0.2, -0.15) is 0 Å². The summed E-state index contributed by atoms with van der Waals surface area (Å²) in [7, 11) is 1.66. The summed E-state index contributed by atoms with van der Waals surface area (Å²) in [6.45, 7) is 8.98. The molecule has 2 aromatic heterocycles. The van der Waals surface area contributed by atoms with E-state index in [2.05, 4.69) is 71.2 Å². The fourth-order valence-electron chi connectivity index (χ4n) is 4.90. The van der Waals surface area contributed by atoms with Crippen LogP contribution in [0.5, 0.6) is 5.88 Å². The molecule has 1 aliphatic heterocycles. The van der Waals surface area contributed by atoms with Gasteiger partial charge in [-0.05, 0) is 71.5 Å². The first kappa shape index (κ1) is 21.6. The second kappa shape index (κ2) is 9.30. The monoisotopic (exact) mass is 439 g/mol. The van der Waals surface area contributed by atoms with E-state index in [0.29, 0.717) is 5.88 Å². The molecular formula is C28H29N3O2. The number of benzene rings is 2. The fourth-order valence-corrected chi connectivity index (χ4v) is 4.90. The van der Waals surface area contributed by atoms with Crippen LogP contribution in [0.2, 0.25) is 0 Å². The van der Waals surface area contributed by atoms with Gasteiger partial charge in [0.2, 0.25) is 5.88 Å². The minimum Gasteiger partial charge on any atom is -0.481 e. The summed E-state index contributed by atoms with van der Waals surface area (Å²) in [4.78, 5) is 11.5. The molecule has 1 fully saturated rings. The van der Waals surface area contributed by atoms with Crippen LogP contribution in [0.25, 0.3) is 33.2 Å². The van der Waals surface area contributed by atoms with E-state index in [0.717, 1.165) is 54.9 Å². The molecule has 0 amide bonds. The molecule has 0 spiro atoms. The summed E-state index contributed by atoms with van der Waals surface area (Å²) in [6.07, 6.45) is 3.62. The second-order valence-electron chi connectivity index (χ2n) is 8.59. The zero-order chi connectivity index (χ0) is 22.8. The van der Waals surface area contributed by atoms with Crippen LogP contribution in [-0.2, 0) is 11.3 Å². The van der Waals surface area contributed by atoms with Crippen molar-refractivity contribution in [2.75, 3.05) is 33.4 Å². The number of hydrogen-bond acceptors (Lipinski definition) is 5. The number of aromatic nitrogens is 2. The number of ether oxygens (including phenoxy) is 2. The Morgan fingerprint density at radius 1 is 0.939 bits per heavy atom. The van der Waals surface area contributed by atoms with Crippen LogP contribution in [0, 0.1) is 13.8 Å². The van der Waals surface area contributed by atoms with Gasteiger partial charge >= 0.3 is 0 Å². The fraction of sp³-hybridized carbons (Fsp3) is 0.286. The van der Waals surface area contributed by atoms with Crippen molar-refractivity contribution in [3.8, 4) is 28.1 Å². The lowest BCUT2D eigenvalue weighted by Gasteiger charge is -2.26. The van der Waals surface area contributed by atoms with Crippen molar-refractivity contribution in [1.82, 2.24) is 14.9 Å². The molecule has 0 radical (unpaired) electrons. The lowest BCUT2D eigenvalue weighted by atomic mass is 9.89. The minimum absolute atomic E-state index is 0.624. The van der Waals surface area contributed by atoms with Gasteiger partial charge in [-0.25, -0.2) is 4.98 Å². The summed E-state index contributed by atoms with van der Waals surface area (Å²) in [5, 5.41) is 1.14. The van der Waals surface area contributed by atoms with E-state index in [1.165, 1.54) is 27.8 Å². The molecule has 0 unspecified atom stereocenters. The summed E-state index contributed by atoms with van der Waals surface area (Å²) in [6, 6.07) is 17.2. The van der Waals surface area contributed by atoms with Gasteiger partial charge < -0.3 is 9.47 Å². The molecular weight excluding hydrogens is 410 g/mol. The van der Waals surface area contributed by atoms with E-state index in [1.54, 1.807) is 13.3 Å². The van der Waals surface area contributed by atoms with Gasteiger partial charge in [-0.1, -0.05) is 24.3 Å². The third kappa shape index (κ3) is 4.22. The van der Waals surface area contributed by atoms with Gasteiger partial charge in [0.1, 0.15) is 0 Å². The lowest BCUT2D eigenvalue weighted by Crippen LogP contribution is -2.35. The normalized spacial score (nSPS) is 14.5. The standard InChI is InChI=1S/C28H29N3O2/c1-19-17-25-27(23(10-12-29-25)24-5-4-11-30-28(24)32-3)20(2)26(19)22-8-6-21(7-9-22)18-31-13-15-33-16-14-31/h4-12,17H,13-16,18H2,1-3H3. The number of aryl methyl sites for hydroxylation is 2. The molecule has 4 aromatic rings. The highest BCUT2D eigenvalue weighted by molar-refractivity contribution is 6.01. The van der Waals surface area contributed by atoms with Crippen molar-refractivity contribution < 1.29 is 9.47 Å². The van der Waals surface area contributed by atoms with Crippen LogP contribution in [0.1, 0.15) is 16.7 Å².